The second-order valence-corrected chi connectivity index (χ2v) is 6.65. The fourth-order valence-corrected chi connectivity index (χ4v) is 3.58. The number of carbonyl (C=O) groups excluding carboxylic acids is 1. The fraction of sp³-hybridized carbons (Fsp3) is 0.263. The van der Waals surface area contributed by atoms with Crippen molar-refractivity contribution in [1.82, 2.24) is 9.88 Å². The van der Waals surface area contributed by atoms with Crippen molar-refractivity contribution in [3.8, 4) is 11.5 Å². The third kappa shape index (κ3) is 3.74. The minimum absolute atomic E-state index is 0.0807. The average molecular weight is 356 g/mol. The SMILES string of the molecule is CCOc1cc(C(=O)N(C)Cc2nc3ccccc3s2)ccc1OC. The van der Waals surface area contributed by atoms with E-state index in [1.54, 1.807) is 48.6 Å². The third-order valence-electron chi connectivity index (χ3n) is 3.77. The van der Waals surface area contributed by atoms with Crippen LogP contribution in [0.15, 0.2) is 42.5 Å². The van der Waals surface area contributed by atoms with Crippen LogP contribution in [0.25, 0.3) is 10.2 Å². The molecule has 1 heterocycles. The lowest BCUT2D eigenvalue weighted by Gasteiger charge is -2.17. The highest BCUT2D eigenvalue weighted by Gasteiger charge is 2.16. The molecule has 25 heavy (non-hydrogen) atoms. The molecule has 0 spiro atoms. The van der Waals surface area contributed by atoms with Gasteiger partial charge in [0.05, 0.1) is 30.5 Å². The molecule has 1 amide bonds. The molecule has 0 aliphatic rings. The zero-order valence-corrected chi connectivity index (χ0v) is 15.3. The average Bonchev–Trinajstić information content (AvgIpc) is 3.03. The van der Waals surface area contributed by atoms with Gasteiger partial charge < -0.3 is 14.4 Å². The summed E-state index contributed by atoms with van der Waals surface area (Å²) in [4.78, 5) is 19.0. The van der Waals surface area contributed by atoms with E-state index in [1.165, 1.54) is 0 Å². The zero-order chi connectivity index (χ0) is 17.8. The number of methoxy groups -OCH3 is 1. The number of benzene rings is 2. The summed E-state index contributed by atoms with van der Waals surface area (Å²) in [6.07, 6.45) is 0. The van der Waals surface area contributed by atoms with Gasteiger partial charge >= 0.3 is 0 Å². The highest BCUT2D eigenvalue weighted by atomic mass is 32.1. The molecule has 130 valence electrons. The zero-order valence-electron chi connectivity index (χ0n) is 14.5. The van der Waals surface area contributed by atoms with Crippen molar-refractivity contribution in [1.29, 1.82) is 0 Å². The summed E-state index contributed by atoms with van der Waals surface area (Å²) < 4.78 is 11.9. The normalized spacial score (nSPS) is 10.7. The largest absolute Gasteiger partial charge is 0.493 e. The Hall–Kier alpha value is -2.60. The summed E-state index contributed by atoms with van der Waals surface area (Å²) in [5.74, 6) is 1.11. The molecule has 3 rings (SSSR count). The Labute approximate surface area is 150 Å². The molecule has 0 saturated heterocycles. The summed E-state index contributed by atoms with van der Waals surface area (Å²) in [7, 11) is 3.36. The molecular formula is C19H20N2O3S. The summed E-state index contributed by atoms with van der Waals surface area (Å²) in [6, 6.07) is 13.2. The molecule has 0 bridgehead atoms. The molecule has 6 heteroatoms. The minimum atomic E-state index is -0.0807. The molecule has 0 atom stereocenters. The van der Waals surface area contributed by atoms with E-state index < -0.39 is 0 Å². The number of para-hydroxylation sites is 1. The van der Waals surface area contributed by atoms with Crippen molar-refractivity contribution in [3.05, 3.63) is 53.0 Å². The van der Waals surface area contributed by atoms with Crippen molar-refractivity contribution in [2.75, 3.05) is 20.8 Å². The maximum absolute atomic E-state index is 12.7. The molecule has 3 aromatic rings. The summed E-state index contributed by atoms with van der Waals surface area (Å²) >= 11 is 1.61. The molecule has 0 unspecified atom stereocenters. The van der Waals surface area contributed by atoms with E-state index in [2.05, 4.69) is 4.98 Å². The monoisotopic (exact) mass is 356 g/mol. The van der Waals surface area contributed by atoms with E-state index in [0.717, 1.165) is 15.2 Å². The molecule has 0 saturated carbocycles. The van der Waals surface area contributed by atoms with Crippen LogP contribution in [0, 0.1) is 0 Å². The van der Waals surface area contributed by atoms with Crippen LogP contribution in [-0.2, 0) is 6.54 Å². The van der Waals surface area contributed by atoms with E-state index in [9.17, 15) is 4.79 Å². The standard InChI is InChI=1S/C19H20N2O3S/c1-4-24-16-11-13(9-10-15(16)23-3)19(22)21(2)12-18-20-14-7-5-6-8-17(14)25-18/h5-11H,4,12H2,1-3H3. The maximum Gasteiger partial charge on any atom is 0.254 e. The highest BCUT2D eigenvalue weighted by Crippen LogP contribution is 2.29. The van der Waals surface area contributed by atoms with Gasteiger partial charge in [-0.3, -0.25) is 4.79 Å². The van der Waals surface area contributed by atoms with Gasteiger partial charge in [-0.05, 0) is 37.3 Å². The first-order valence-corrected chi connectivity index (χ1v) is 8.84. The Kier molecular flexibility index (Phi) is 5.19. The second kappa shape index (κ2) is 7.53. The molecule has 0 aliphatic heterocycles. The van der Waals surface area contributed by atoms with Gasteiger partial charge in [-0.1, -0.05) is 12.1 Å². The highest BCUT2D eigenvalue weighted by molar-refractivity contribution is 7.18. The number of carbonyl (C=O) groups is 1. The van der Waals surface area contributed by atoms with Gasteiger partial charge in [0.1, 0.15) is 5.01 Å². The first-order chi connectivity index (χ1) is 12.1. The van der Waals surface area contributed by atoms with Crippen LogP contribution in [0.4, 0.5) is 0 Å². The van der Waals surface area contributed by atoms with Gasteiger partial charge in [0, 0.05) is 12.6 Å². The van der Waals surface area contributed by atoms with Gasteiger partial charge in [-0.15, -0.1) is 11.3 Å². The van der Waals surface area contributed by atoms with Crippen molar-refractivity contribution in [2.24, 2.45) is 0 Å². The molecule has 5 nitrogen and oxygen atoms in total. The van der Waals surface area contributed by atoms with E-state index in [-0.39, 0.29) is 5.91 Å². The van der Waals surface area contributed by atoms with Crippen LogP contribution in [0.5, 0.6) is 11.5 Å². The van der Waals surface area contributed by atoms with Crippen molar-refractivity contribution < 1.29 is 14.3 Å². The fourth-order valence-electron chi connectivity index (χ4n) is 2.56. The lowest BCUT2D eigenvalue weighted by Crippen LogP contribution is -2.26. The number of aromatic nitrogens is 1. The third-order valence-corrected chi connectivity index (χ3v) is 4.79. The van der Waals surface area contributed by atoms with Gasteiger partial charge in [-0.25, -0.2) is 4.98 Å². The molecule has 0 radical (unpaired) electrons. The van der Waals surface area contributed by atoms with E-state index in [1.807, 2.05) is 31.2 Å². The summed E-state index contributed by atoms with van der Waals surface area (Å²) in [5, 5.41) is 0.913. The molecule has 0 aliphatic carbocycles. The Morgan fingerprint density at radius 2 is 2.00 bits per heavy atom. The first-order valence-electron chi connectivity index (χ1n) is 8.03. The maximum atomic E-state index is 12.7. The molecule has 2 aromatic carbocycles. The number of hydrogen-bond donors (Lipinski definition) is 0. The van der Waals surface area contributed by atoms with E-state index >= 15 is 0 Å². The lowest BCUT2D eigenvalue weighted by molar-refractivity contribution is 0.0784. The summed E-state index contributed by atoms with van der Waals surface area (Å²) in [5.41, 5.74) is 1.53. The predicted octanol–water partition coefficient (Wildman–Crippen LogP) is 3.98. The molecule has 1 aromatic heterocycles. The molecule has 0 N–H and O–H groups in total. The molecule has 0 fully saturated rings. The number of amides is 1. The van der Waals surface area contributed by atoms with Gasteiger partial charge in [0.15, 0.2) is 11.5 Å². The Bertz CT molecular complexity index is 858. The van der Waals surface area contributed by atoms with Crippen LogP contribution < -0.4 is 9.47 Å². The summed E-state index contributed by atoms with van der Waals surface area (Å²) in [6.45, 7) is 2.87. The van der Waals surface area contributed by atoms with Crippen LogP contribution in [0.2, 0.25) is 0 Å². The van der Waals surface area contributed by atoms with Gasteiger partial charge in [-0.2, -0.15) is 0 Å². The number of ether oxygens (including phenoxy) is 2. The topological polar surface area (TPSA) is 51.7 Å². The number of nitrogens with zero attached hydrogens (tertiary/aromatic N) is 2. The van der Waals surface area contributed by atoms with E-state index in [0.29, 0.717) is 30.2 Å². The Balaban J connectivity index is 1.78. The quantitative estimate of drug-likeness (QED) is 0.670. The van der Waals surface area contributed by atoms with Crippen molar-refractivity contribution in [3.63, 3.8) is 0 Å². The van der Waals surface area contributed by atoms with Crippen LogP contribution in [0.1, 0.15) is 22.3 Å². The van der Waals surface area contributed by atoms with Crippen LogP contribution >= 0.6 is 11.3 Å². The first kappa shape index (κ1) is 17.2. The van der Waals surface area contributed by atoms with Crippen molar-refractivity contribution >= 4 is 27.5 Å². The number of hydrogen-bond acceptors (Lipinski definition) is 5. The van der Waals surface area contributed by atoms with Gasteiger partial charge in [0.2, 0.25) is 0 Å². The second-order valence-electron chi connectivity index (χ2n) is 5.54. The minimum Gasteiger partial charge on any atom is -0.493 e. The Morgan fingerprint density at radius 1 is 1.20 bits per heavy atom. The predicted molar refractivity (Wildman–Crippen MR) is 99.6 cm³/mol. The van der Waals surface area contributed by atoms with Gasteiger partial charge in [0.25, 0.3) is 5.91 Å². The van der Waals surface area contributed by atoms with Crippen molar-refractivity contribution in [2.45, 2.75) is 13.5 Å². The van der Waals surface area contributed by atoms with Crippen LogP contribution in [0.3, 0.4) is 0 Å². The number of rotatable bonds is 6. The van der Waals surface area contributed by atoms with E-state index in [4.69, 9.17) is 9.47 Å². The Morgan fingerprint density at radius 3 is 2.72 bits per heavy atom. The smallest absolute Gasteiger partial charge is 0.254 e. The van der Waals surface area contributed by atoms with Crippen LogP contribution in [-0.4, -0.2) is 36.6 Å². The number of thiazole rings is 1. The molecular weight excluding hydrogens is 336 g/mol. The lowest BCUT2D eigenvalue weighted by atomic mass is 10.1. The number of fused-ring (bicyclic) bond motifs is 1.